The summed E-state index contributed by atoms with van der Waals surface area (Å²) < 4.78 is 22.7. The molecule has 0 atom stereocenters. The van der Waals surface area contributed by atoms with Gasteiger partial charge in [-0.3, -0.25) is 0 Å². The summed E-state index contributed by atoms with van der Waals surface area (Å²) >= 11 is 0. The molecule has 0 heterocycles. The zero-order valence-electron chi connectivity index (χ0n) is 29.6. The highest BCUT2D eigenvalue weighted by Gasteiger charge is 2.10. The first kappa shape index (κ1) is 41.8. The predicted molar refractivity (Wildman–Crippen MR) is 183 cm³/mol. The van der Waals surface area contributed by atoms with E-state index in [0.29, 0.717) is 0 Å². The van der Waals surface area contributed by atoms with Crippen LogP contribution in [0.1, 0.15) is 202 Å². The SMILES string of the molecule is CCCCCCCCCC(CCCCCCCCCC(OCC)OCC)CCCCCCCCCC(OCC)OCC. The Morgan fingerprint density at radius 2 is 0.524 bits per heavy atom. The standard InChI is InChI=1S/C38H78O4/c1-6-11-12-13-16-21-26-31-36(32-27-22-17-14-19-24-29-34-37(39-7-2)40-8-3)33-28-23-18-15-20-25-30-35-38(41-9-4)42-10-5/h36-38H,6-35H2,1-5H3. The van der Waals surface area contributed by atoms with Gasteiger partial charge in [0.25, 0.3) is 0 Å². The zero-order valence-corrected chi connectivity index (χ0v) is 29.6. The van der Waals surface area contributed by atoms with Gasteiger partial charge in [-0.25, -0.2) is 0 Å². The number of rotatable bonds is 36. The van der Waals surface area contributed by atoms with Crippen LogP contribution in [0, 0.1) is 5.92 Å². The molecule has 42 heavy (non-hydrogen) atoms. The van der Waals surface area contributed by atoms with E-state index >= 15 is 0 Å². The van der Waals surface area contributed by atoms with Crippen molar-refractivity contribution in [2.75, 3.05) is 26.4 Å². The zero-order chi connectivity index (χ0) is 30.8. The van der Waals surface area contributed by atoms with Gasteiger partial charge in [0.1, 0.15) is 0 Å². The van der Waals surface area contributed by atoms with Gasteiger partial charge < -0.3 is 18.9 Å². The summed E-state index contributed by atoms with van der Waals surface area (Å²) in [6, 6.07) is 0. The quantitative estimate of drug-likeness (QED) is 0.0531. The molecule has 0 spiro atoms. The van der Waals surface area contributed by atoms with Crippen molar-refractivity contribution in [2.24, 2.45) is 5.92 Å². The van der Waals surface area contributed by atoms with Gasteiger partial charge in [0, 0.05) is 26.4 Å². The van der Waals surface area contributed by atoms with E-state index in [1.807, 2.05) is 0 Å². The second kappa shape index (κ2) is 35.3. The van der Waals surface area contributed by atoms with Gasteiger partial charge in [-0.1, -0.05) is 148 Å². The Morgan fingerprint density at radius 1 is 0.286 bits per heavy atom. The molecule has 0 fully saturated rings. The van der Waals surface area contributed by atoms with Gasteiger partial charge in [-0.05, 0) is 59.3 Å². The lowest BCUT2D eigenvalue weighted by atomic mass is 9.89. The summed E-state index contributed by atoms with van der Waals surface area (Å²) in [5.41, 5.74) is 0. The molecule has 4 heteroatoms. The molecule has 254 valence electrons. The first-order valence-corrected chi connectivity index (χ1v) is 19.2. The largest absolute Gasteiger partial charge is 0.353 e. The fourth-order valence-electron chi connectivity index (χ4n) is 6.25. The highest BCUT2D eigenvalue weighted by molar-refractivity contribution is 4.62. The number of unbranched alkanes of at least 4 members (excludes halogenated alkanes) is 18. The molecule has 0 saturated heterocycles. The van der Waals surface area contributed by atoms with E-state index in [-0.39, 0.29) is 12.6 Å². The average molecular weight is 599 g/mol. The second-order valence-electron chi connectivity index (χ2n) is 12.6. The Hall–Kier alpha value is -0.160. The van der Waals surface area contributed by atoms with Crippen LogP contribution in [-0.4, -0.2) is 39.0 Å². The molecule has 0 aromatic rings. The summed E-state index contributed by atoms with van der Waals surface area (Å²) in [5.74, 6) is 0.976. The van der Waals surface area contributed by atoms with Crippen LogP contribution in [-0.2, 0) is 18.9 Å². The van der Waals surface area contributed by atoms with Gasteiger partial charge in [-0.2, -0.15) is 0 Å². The Kier molecular flexibility index (Phi) is 35.2. The molecule has 0 unspecified atom stereocenters. The maximum absolute atomic E-state index is 5.67. The van der Waals surface area contributed by atoms with E-state index in [2.05, 4.69) is 34.6 Å². The summed E-state index contributed by atoms with van der Waals surface area (Å²) in [7, 11) is 0. The lowest BCUT2D eigenvalue weighted by Gasteiger charge is -2.17. The maximum atomic E-state index is 5.67. The fourth-order valence-corrected chi connectivity index (χ4v) is 6.25. The molecule has 0 aliphatic heterocycles. The van der Waals surface area contributed by atoms with Crippen LogP contribution in [0.5, 0.6) is 0 Å². The van der Waals surface area contributed by atoms with Crippen LogP contribution >= 0.6 is 0 Å². The summed E-state index contributed by atoms with van der Waals surface area (Å²) in [6.07, 6.45) is 35.8. The minimum Gasteiger partial charge on any atom is -0.353 e. The van der Waals surface area contributed by atoms with Crippen molar-refractivity contribution in [3.63, 3.8) is 0 Å². The third-order valence-electron chi connectivity index (χ3n) is 8.73. The fraction of sp³-hybridized carbons (Fsp3) is 1.00. The number of hydrogen-bond acceptors (Lipinski definition) is 4. The molecule has 4 nitrogen and oxygen atoms in total. The average Bonchev–Trinajstić information content (AvgIpc) is 2.98. The monoisotopic (exact) mass is 599 g/mol. The molecule has 0 bridgehead atoms. The minimum atomic E-state index is 0.0121. The smallest absolute Gasteiger partial charge is 0.157 e. The minimum absolute atomic E-state index is 0.0121. The molecular formula is C38H78O4. The van der Waals surface area contributed by atoms with Crippen molar-refractivity contribution in [3.8, 4) is 0 Å². The van der Waals surface area contributed by atoms with Gasteiger partial charge in [-0.15, -0.1) is 0 Å². The van der Waals surface area contributed by atoms with E-state index in [1.165, 1.54) is 154 Å². The first-order valence-electron chi connectivity index (χ1n) is 19.2. The van der Waals surface area contributed by atoms with Gasteiger partial charge in [0.2, 0.25) is 0 Å². The molecule has 0 aromatic heterocycles. The Bertz CT molecular complexity index is 440. The van der Waals surface area contributed by atoms with E-state index in [1.54, 1.807) is 0 Å². The van der Waals surface area contributed by atoms with Crippen LogP contribution in [0.15, 0.2) is 0 Å². The van der Waals surface area contributed by atoms with Crippen molar-refractivity contribution in [2.45, 2.75) is 214 Å². The van der Waals surface area contributed by atoms with Crippen LogP contribution in [0.4, 0.5) is 0 Å². The summed E-state index contributed by atoms with van der Waals surface area (Å²) in [5, 5.41) is 0. The van der Waals surface area contributed by atoms with Gasteiger partial charge >= 0.3 is 0 Å². The number of hydrogen-bond donors (Lipinski definition) is 0. The molecule has 0 saturated carbocycles. The van der Waals surface area contributed by atoms with Crippen molar-refractivity contribution in [3.05, 3.63) is 0 Å². The molecule has 0 aromatic carbocycles. The molecule has 0 rings (SSSR count). The predicted octanol–water partition coefficient (Wildman–Crippen LogP) is 12.6. The summed E-state index contributed by atoms with van der Waals surface area (Å²) in [6.45, 7) is 13.5. The topological polar surface area (TPSA) is 36.9 Å². The highest BCUT2D eigenvalue weighted by atomic mass is 16.7. The van der Waals surface area contributed by atoms with Crippen LogP contribution in [0.25, 0.3) is 0 Å². The molecule has 0 aliphatic carbocycles. The summed E-state index contributed by atoms with van der Waals surface area (Å²) in [4.78, 5) is 0. The normalized spacial score (nSPS) is 12.0. The van der Waals surface area contributed by atoms with E-state index in [4.69, 9.17) is 18.9 Å². The Labute approximate surface area is 265 Å². The Balaban J connectivity index is 4.02. The van der Waals surface area contributed by atoms with Gasteiger partial charge in [0.15, 0.2) is 12.6 Å². The lowest BCUT2D eigenvalue weighted by Crippen LogP contribution is -2.17. The van der Waals surface area contributed by atoms with Crippen LogP contribution in [0.3, 0.4) is 0 Å². The highest BCUT2D eigenvalue weighted by Crippen LogP contribution is 2.25. The van der Waals surface area contributed by atoms with Crippen LogP contribution in [0.2, 0.25) is 0 Å². The molecule has 0 amide bonds. The lowest BCUT2D eigenvalue weighted by molar-refractivity contribution is -0.140. The van der Waals surface area contributed by atoms with Crippen molar-refractivity contribution >= 4 is 0 Å². The second-order valence-corrected chi connectivity index (χ2v) is 12.6. The van der Waals surface area contributed by atoms with E-state index < -0.39 is 0 Å². The molecule has 0 N–H and O–H groups in total. The van der Waals surface area contributed by atoms with Crippen molar-refractivity contribution < 1.29 is 18.9 Å². The van der Waals surface area contributed by atoms with E-state index in [0.717, 1.165) is 45.2 Å². The first-order chi connectivity index (χ1) is 20.7. The molecular weight excluding hydrogens is 520 g/mol. The van der Waals surface area contributed by atoms with Crippen molar-refractivity contribution in [1.82, 2.24) is 0 Å². The van der Waals surface area contributed by atoms with Crippen LogP contribution < -0.4 is 0 Å². The van der Waals surface area contributed by atoms with Crippen molar-refractivity contribution in [1.29, 1.82) is 0 Å². The number of ether oxygens (including phenoxy) is 4. The van der Waals surface area contributed by atoms with Gasteiger partial charge in [0.05, 0.1) is 0 Å². The molecule has 0 radical (unpaired) electrons. The molecule has 0 aliphatic rings. The third kappa shape index (κ3) is 29.9. The van der Waals surface area contributed by atoms with E-state index in [9.17, 15) is 0 Å². The third-order valence-corrected chi connectivity index (χ3v) is 8.73. The Morgan fingerprint density at radius 3 is 0.786 bits per heavy atom. The maximum Gasteiger partial charge on any atom is 0.157 e.